The monoisotopic (exact) mass is 331 g/mol. The van der Waals surface area contributed by atoms with Gasteiger partial charge in [-0.3, -0.25) is 4.79 Å². The highest BCUT2D eigenvalue weighted by molar-refractivity contribution is 7.21. The van der Waals surface area contributed by atoms with Crippen molar-refractivity contribution in [3.63, 3.8) is 0 Å². The molecule has 4 nitrogen and oxygen atoms in total. The number of hydrogen-bond donors (Lipinski definition) is 2. The largest absolute Gasteiger partial charge is 0.323 e. The van der Waals surface area contributed by atoms with E-state index in [-0.39, 0.29) is 5.91 Å². The molecular weight excluding hydrogens is 318 g/mol. The van der Waals surface area contributed by atoms with Gasteiger partial charge in [-0.05, 0) is 37.3 Å². The smallest absolute Gasteiger partial charge is 0.241 e. The number of rotatable bonds is 3. The van der Waals surface area contributed by atoms with E-state index in [9.17, 15) is 4.79 Å². The Hall–Kier alpha value is -1.95. The van der Waals surface area contributed by atoms with Crippen molar-refractivity contribution in [1.82, 2.24) is 4.98 Å². The van der Waals surface area contributed by atoms with Gasteiger partial charge in [-0.25, -0.2) is 4.98 Å². The molecule has 3 aromatic rings. The van der Waals surface area contributed by atoms with Crippen molar-refractivity contribution in [3.8, 4) is 10.6 Å². The summed E-state index contributed by atoms with van der Waals surface area (Å²) in [5.41, 5.74) is 7.97. The highest BCUT2D eigenvalue weighted by atomic mass is 35.5. The molecule has 0 unspecified atom stereocenters. The Morgan fingerprint density at radius 3 is 2.77 bits per heavy atom. The van der Waals surface area contributed by atoms with Crippen LogP contribution >= 0.6 is 22.9 Å². The molecule has 0 bridgehead atoms. The van der Waals surface area contributed by atoms with E-state index in [0.717, 1.165) is 20.8 Å². The van der Waals surface area contributed by atoms with E-state index in [0.29, 0.717) is 10.7 Å². The second-order valence-electron chi connectivity index (χ2n) is 4.96. The van der Waals surface area contributed by atoms with Gasteiger partial charge in [0.25, 0.3) is 0 Å². The number of aromatic nitrogens is 1. The lowest BCUT2D eigenvalue weighted by molar-refractivity contribution is -0.117. The molecular formula is C16H14ClN3OS. The lowest BCUT2D eigenvalue weighted by atomic mass is 10.2. The Morgan fingerprint density at radius 1 is 1.32 bits per heavy atom. The van der Waals surface area contributed by atoms with Crippen molar-refractivity contribution in [3.05, 3.63) is 47.5 Å². The summed E-state index contributed by atoms with van der Waals surface area (Å²) >= 11 is 7.85. The number of halogens is 1. The van der Waals surface area contributed by atoms with E-state index in [4.69, 9.17) is 17.3 Å². The fraction of sp³-hybridized carbons (Fsp3) is 0.125. The third kappa shape index (κ3) is 2.97. The first-order chi connectivity index (χ1) is 10.5. The number of fused-ring (bicyclic) bond motifs is 1. The molecule has 1 heterocycles. The van der Waals surface area contributed by atoms with Gasteiger partial charge in [0.2, 0.25) is 5.91 Å². The Balaban J connectivity index is 1.92. The van der Waals surface area contributed by atoms with E-state index in [2.05, 4.69) is 10.3 Å². The van der Waals surface area contributed by atoms with Gasteiger partial charge in [0, 0.05) is 5.56 Å². The summed E-state index contributed by atoms with van der Waals surface area (Å²) in [7, 11) is 0. The molecule has 3 N–H and O–H groups in total. The Bertz CT molecular complexity index is 811. The van der Waals surface area contributed by atoms with Gasteiger partial charge in [-0.2, -0.15) is 0 Å². The van der Waals surface area contributed by atoms with E-state index in [1.165, 1.54) is 0 Å². The topological polar surface area (TPSA) is 68.0 Å². The zero-order chi connectivity index (χ0) is 15.7. The van der Waals surface area contributed by atoms with Gasteiger partial charge in [0.15, 0.2) is 0 Å². The summed E-state index contributed by atoms with van der Waals surface area (Å²) in [6, 6.07) is 12.8. The molecule has 0 spiro atoms. The zero-order valence-electron chi connectivity index (χ0n) is 11.8. The number of carbonyl (C=O) groups excluding carboxylic acids is 1. The number of nitrogens with one attached hydrogen (secondary N) is 1. The minimum atomic E-state index is -0.583. The molecule has 0 fully saturated rings. The summed E-state index contributed by atoms with van der Waals surface area (Å²) < 4.78 is 1.13. The van der Waals surface area contributed by atoms with Crippen LogP contribution in [0, 0.1) is 0 Å². The second-order valence-corrected chi connectivity index (χ2v) is 6.40. The van der Waals surface area contributed by atoms with Crippen LogP contribution in [0.15, 0.2) is 42.5 Å². The molecule has 0 aliphatic heterocycles. The first-order valence-corrected chi connectivity index (χ1v) is 7.96. The van der Waals surface area contributed by atoms with Gasteiger partial charge in [0.1, 0.15) is 5.01 Å². The summed E-state index contributed by atoms with van der Waals surface area (Å²) in [5, 5.41) is 4.06. The SMILES string of the molecule is C[C@H](N)C(=O)Nc1ccc(-c2nc3ccccc3s2)cc1Cl. The Morgan fingerprint density at radius 2 is 2.09 bits per heavy atom. The van der Waals surface area contributed by atoms with Crippen molar-refractivity contribution in [2.75, 3.05) is 5.32 Å². The molecule has 0 saturated carbocycles. The first kappa shape index (κ1) is 15.0. The van der Waals surface area contributed by atoms with Crippen LogP contribution in [0.3, 0.4) is 0 Å². The predicted octanol–water partition coefficient (Wildman–Crippen LogP) is 3.90. The molecule has 1 aromatic heterocycles. The molecule has 1 amide bonds. The number of amides is 1. The van der Waals surface area contributed by atoms with Crippen LogP contribution in [-0.2, 0) is 4.79 Å². The molecule has 6 heteroatoms. The number of hydrogen-bond acceptors (Lipinski definition) is 4. The molecule has 3 rings (SSSR count). The summed E-state index contributed by atoms with van der Waals surface area (Å²) in [4.78, 5) is 16.2. The van der Waals surface area contributed by atoms with E-state index in [1.54, 1.807) is 30.4 Å². The highest BCUT2D eigenvalue weighted by Gasteiger charge is 2.12. The molecule has 22 heavy (non-hydrogen) atoms. The standard InChI is InChI=1S/C16H14ClN3OS/c1-9(18)15(21)19-12-7-6-10(8-11(12)17)16-20-13-4-2-3-5-14(13)22-16/h2-9H,18H2,1H3,(H,19,21)/t9-/m0/s1. The summed E-state index contributed by atoms with van der Waals surface area (Å²) in [6.45, 7) is 1.62. The minimum absolute atomic E-state index is 0.269. The molecule has 0 radical (unpaired) electrons. The third-order valence-corrected chi connectivity index (χ3v) is 4.58. The average Bonchev–Trinajstić information content (AvgIpc) is 2.93. The van der Waals surface area contributed by atoms with Gasteiger partial charge >= 0.3 is 0 Å². The van der Waals surface area contributed by atoms with Gasteiger partial charge in [-0.1, -0.05) is 23.7 Å². The van der Waals surface area contributed by atoms with Crippen LogP contribution in [-0.4, -0.2) is 16.9 Å². The molecule has 1 atom stereocenters. The number of nitrogens with two attached hydrogens (primary N) is 1. The quantitative estimate of drug-likeness (QED) is 0.764. The average molecular weight is 332 g/mol. The van der Waals surface area contributed by atoms with Crippen molar-refractivity contribution < 1.29 is 4.79 Å². The summed E-state index contributed by atoms with van der Waals surface area (Å²) in [5.74, 6) is -0.269. The van der Waals surface area contributed by atoms with Crippen LogP contribution in [0.2, 0.25) is 5.02 Å². The molecule has 112 valence electrons. The van der Waals surface area contributed by atoms with Crippen molar-refractivity contribution in [1.29, 1.82) is 0 Å². The van der Waals surface area contributed by atoms with Crippen LogP contribution in [0.1, 0.15) is 6.92 Å². The van der Waals surface area contributed by atoms with Crippen molar-refractivity contribution in [2.45, 2.75) is 13.0 Å². The van der Waals surface area contributed by atoms with Gasteiger partial charge in [-0.15, -0.1) is 11.3 Å². The normalized spacial score (nSPS) is 12.3. The number of anilines is 1. The number of nitrogens with zero attached hydrogens (tertiary/aromatic N) is 1. The van der Waals surface area contributed by atoms with E-state index in [1.807, 2.05) is 30.3 Å². The second kappa shape index (κ2) is 6.04. The zero-order valence-corrected chi connectivity index (χ0v) is 13.4. The Labute approximate surface area is 136 Å². The molecule has 0 aliphatic carbocycles. The number of thiazole rings is 1. The molecule has 2 aromatic carbocycles. The third-order valence-electron chi connectivity index (χ3n) is 3.18. The Kier molecular flexibility index (Phi) is 4.11. The maximum absolute atomic E-state index is 11.6. The molecule has 0 saturated heterocycles. The van der Waals surface area contributed by atoms with Crippen molar-refractivity contribution in [2.24, 2.45) is 5.73 Å². The van der Waals surface area contributed by atoms with Crippen molar-refractivity contribution >= 4 is 44.7 Å². The van der Waals surface area contributed by atoms with Crippen LogP contribution in [0.5, 0.6) is 0 Å². The maximum atomic E-state index is 11.6. The fourth-order valence-electron chi connectivity index (χ4n) is 1.99. The van der Waals surface area contributed by atoms with E-state index >= 15 is 0 Å². The number of para-hydroxylation sites is 1. The van der Waals surface area contributed by atoms with Gasteiger partial charge < -0.3 is 11.1 Å². The number of carbonyl (C=O) groups is 1. The number of benzene rings is 2. The van der Waals surface area contributed by atoms with Crippen LogP contribution < -0.4 is 11.1 Å². The summed E-state index contributed by atoms with van der Waals surface area (Å²) in [6.07, 6.45) is 0. The predicted molar refractivity (Wildman–Crippen MR) is 92.3 cm³/mol. The lowest BCUT2D eigenvalue weighted by Crippen LogP contribution is -2.32. The fourth-order valence-corrected chi connectivity index (χ4v) is 3.18. The lowest BCUT2D eigenvalue weighted by Gasteiger charge is -2.10. The molecule has 0 aliphatic rings. The first-order valence-electron chi connectivity index (χ1n) is 6.76. The van der Waals surface area contributed by atoms with Gasteiger partial charge in [0.05, 0.1) is 27.0 Å². The minimum Gasteiger partial charge on any atom is -0.323 e. The van der Waals surface area contributed by atoms with Crippen LogP contribution in [0.25, 0.3) is 20.8 Å². The van der Waals surface area contributed by atoms with E-state index < -0.39 is 6.04 Å². The maximum Gasteiger partial charge on any atom is 0.241 e. The highest BCUT2D eigenvalue weighted by Crippen LogP contribution is 2.33. The van der Waals surface area contributed by atoms with Crippen LogP contribution in [0.4, 0.5) is 5.69 Å².